The molecule has 254 valence electrons. The molecule has 0 saturated heterocycles. The third kappa shape index (κ3) is 4.37. The number of hydrogen-bond acceptors (Lipinski definition) is 9. The van der Waals surface area contributed by atoms with E-state index in [2.05, 4.69) is 17.0 Å². The van der Waals surface area contributed by atoms with Crippen LogP contribution < -0.4 is 0 Å². The Morgan fingerprint density at radius 1 is 0.667 bits per heavy atom. The molecule has 0 bridgehead atoms. The largest absolute Gasteiger partial charge is 0.289 e. The summed E-state index contributed by atoms with van der Waals surface area (Å²) in [6, 6.07) is 24.7. The normalized spacial score (nSPS) is 18.8. The van der Waals surface area contributed by atoms with Gasteiger partial charge in [0.2, 0.25) is 0 Å². The molecule has 0 radical (unpaired) electrons. The van der Waals surface area contributed by atoms with Gasteiger partial charge in [-0.25, -0.2) is 10.1 Å². The van der Waals surface area contributed by atoms with Crippen molar-refractivity contribution in [2.45, 2.75) is 37.5 Å². The van der Waals surface area contributed by atoms with Crippen LogP contribution >= 0.6 is 45.3 Å². The van der Waals surface area contributed by atoms with Gasteiger partial charge in [-0.2, -0.15) is 10.5 Å². The number of hydrogen-bond donors (Lipinski definition) is 0. The highest BCUT2D eigenvalue weighted by Gasteiger charge is 2.49. The molecule has 4 heterocycles. The number of allylic oxidation sites excluding steroid dienone is 6. The Kier molecular flexibility index (Phi) is 7.27. The number of carbonyl (C=O) groups is 2. The minimum Gasteiger partial charge on any atom is -0.289 e. The molecule has 54 heavy (non-hydrogen) atoms. The van der Waals surface area contributed by atoms with Crippen LogP contribution in [-0.2, 0) is 5.41 Å². The van der Waals surface area contributed by atoms with E-state index in [0.29, 0.717) is 44.5 Å². The lowest BCUT2D eigenvalue weighted by Crippen LogP contribution is -2.27. The molecule has 0 amide bonds. The minimum absolute atomic E-state index is 0.0645. The smallest absolute Gasteiger partial charge is 0.270 e. The van der Waals surface area contributed by atoms with Gasteiger partial charge in [0.15, 0.2) is 11.6 Å². The molecule has 2 aromatic carbocycles. The first kappa shape index (κ1) is 32.7. The average molecular weight is 767 g/mol. The van der Waals surface area contributed by atoms with E-state index in [0.717, 1.165) is 35.4 Å². The van der Waals surface area contributed by atoms with Crippen molar-refractivity contribution in [1.82, 2.24) is 0 Å². The Balaban J connectivity index is 1.10. The molecule has 4 aromatic heterocycles. The zero-order chi connectivity index (χ0) is 36.9. The van der Waals surface area contributed by atoms with Gasteiger partial charge >= 0.3 is 0 Å². The molecule has 0 unspecified atom stereocenters. The van der Waals surface area contributed by atoms with Crippen LogP contribution in [0.2, 0.25) is 0 Å². The molecule has 0 atom stereocenters. The Hall–Kier alpha value is -5.98. The quantitative estimate of drug-likeness (QED) is 0.0990. The fourth-order valence-corrected chi connectivity index (χ4v) is 14.6. The van der Waals surface area contributed by atoms with Crippen LogP contribution in [-0.4, -0.2) is 11.6 Å². The molecule has 10 heteroatoms. The predicted molar refractivity (Wildman–Crippen MR) is 217 cm³/mol. The van der Waals surface area contributed by atoms with E-state index in [1.165, 1.54) is 46.1 Å². The molecule has 0 N–H and O–H groups in total. The topological polar surface area (TPSA) is 110 Å². The van der Waals surface area contributed by atoms with Crippen LogP contribution in [0.5, 0.6) is 0 Å². The van der Waals surface area contributed by atoms with Crippen LogP contribution in [0.15, 0.2) is 83.1 Å². The standard InChI is InChI=1S/C44H22N4O2S4/c1-48-31(21-47)35-26-10-4-6-12-28(26)39(50)30(35)16-24-18-33-41(52-24)37-43(54-33)42-36(44(37)13-7-2-8-14-44)40-32(53-42)17-23(51-40)15-29-34(22(19-45)20-46)25-9-3-5-11-27(25)38(29)49/h3-6,9-12,15-18H,2,7-8,13-14H2/b29-15-,30-16+,35-31-. The molecule has 1 fully saturated rings. The molecule has 6 aromatic rings. The fourth-order valence-electron chi connectivity index (χ4n) is 8.89. The minimum atomic E-state index is -0.175. The number of Topliss-reactive ketones (excluding diaryl/α,β-unsaturated/α-hetero) is 2. The molecule has 1 saturated carbocycles. The maximum atomic E-state index is 13.7. The van der Waals surface area contributed by atoms with Gasteiger partial charge in [-0.1, -0.05) is 67.8 Å². The maximum absolute atomic E-state index is 13.7. The van der Waals surface area contributed by atoms with Crippen molar-refractivity contribution in [3.05, 3.63) is 138 Å². The van der Waals surface area contributed by atoms with Gasteiger partial charge < -0.3 is 0 Å². The second-order valence-electron chi connectivity index (χ2n) is 13.7. The number of rotatable bonds is 2. The molecular weight excluding hydrogens is 745 g/mol. The number of benzene rings is 2. The SMILES string of the molecule is [C-]#[N+]/C(C#N)=C1\C(=C/c2cc3sc4c(c3s2)C2(CCCCC2)c2c-4sc3cc(/C=C4\C(=O)c5ccccc5C4=C(C#N)C#N)sc23)C(=O)c2ccccc21. The first-order valence-corrected chi connectivity index (χ1v) is 20.6. The van der Waals surface area contributed by atoms with Crippen molar-refractivity contribution in [3.63, 3.8) is 0 Å². The van der Waals surface area contributed by atoms with E-state index in [1.54, 1.807) is 81.7 Å². The summed E-state index contributed by atoms with van der Waals surface area (Å²) in [6.45, 7) is 7.67. The number of nitrogens with zero attached hydrogens (tertiary/aromatic N) is 4. The van der Waals surface area contributed by atoms with Crippen molar-refractivity contribution in [2.75, 3.05) is 0 Å². The van der Waals surface area contributed by atoms with Gasteiger partial charge in [-0.05, 0) is 48.3 Å². The van der Waals surface area contributed by atoms with Crippen molar-refractivity contribution in [3.8, 4) is 28.0 Å². The Bertz CT molecular complexity index is 2830. The number of ketones is 2. The number of fused-ring (bicyclic) bond motifs is 11. The molecule has 10 rings (SSSR count). The fraction of sp³-hybridized carbons (Fsp3) is 0.136. The van der Waals surface area contributed by atoms with Crippen LogP contribution in [0.3, 0.4) is 0 Å². The van der Waals surface area contributed by atoms with Gasteiger partial charge in [0, 0.05) is 69.1 Å². The number of carbonyl (C=O) groups excluding carboxylic acids is 2. The number of nitriles is 3. The first-order valence-electron chi connectivity index (χ1n) is 17.3. The van der Waals surface area contributed by atoms with E-state index in [4.69, 9.17) is 6.57 Å². The summed E-state index contributed by atoms with van der Waals surface area (Å²) in [4.78, 5) is 35.3. The lowest BCUT2D eigenvalue weighted by Gasteiger charge is -2.35. The first-order chi connectivity index (χ1) is 26.4. The summed E-state index contributed by atoms with van der Waals surface area (Å²) in [7, 11) is 0. The molecular formula is C44H22N4O2S4. The third-order valence-corrected chi connectivity index (χ3v) is 15.9. The van der Waals surface area contributed by atoms with E-state index >= 15 is 0 Å². The number of thiophene rings is 4. The molecule has 4 aliphatic rings. The Morgan fingerprint density at radius 3 is 1.63 bits per heavy atom. The second kappa shape index (κ2) is 12.0. The second-order valence-corrected chi connectivity index (χ2v) is 18.0. The lowest BCUT2D eigenvalue weighted by atomic mass is 9.68. The van der Waals surface area contributed by atoms with Gasteiger partial charge in [0.05, 0.1) is 31.8 Å². The van der Waals surface area contributed by atoms with Gasteiger partial charge in [0.25, 0.3) is 5.70 Å². The van der Waals surface area contributed by atoms with Crippen LogP contribution in [0.1, 0.15) is 84.8 Å². The maximum Gasteiger partial charge on any atom is 0.270 e. The molecule has 1 spiro atoms. The summed E-state index contributed by atoms with van der Waals surface area (Å²) in [5.41, 5.74) is 6.36. The van der Waals surface area contributed by atoms with Crippen molar-refractivity contribution in [1.29, 1.82) is 15.8 Å². The summed E-state index contributed by atoms with van der Waals surface area (Å²) in [5.74, 6) is -0.343. The van der Waals surface area contributed by atoms with Gasteiger partial charge in [-0.3, -0.25) is 9.59 Å². The van der Waals surface area contributed by atoms with Crippen molar-refractivity contribution >= 4 is 99.0 Å². The highest BCUT2D eigenvalue weighted by Crippen LogP contribution is 2.66. The molecule has 4 aliphatic carbocycles. The van der Waals surface area contributed by atoms with Gasteiger partial charge in [-0.15, -0.1) is 45.3 Å². The molecule has 6 nitrogen and oxygen atoms in total. The van der Waals surface area contributed by atoms with Crippen LogP contribution in [0.4, 0.5) is 0 Å². The van der Waals surface area contributed by atoms with E-state index in [1.807, 2.05) is 42.5 Å². The van der Waals surface area contributed by atoms with Crippen molar-refractivity contribution < 1.29 is 9.59 Å². The highest BCUT2D eigenvalue weighted by molar-refractivity contribution is 7.35. The van der Waals surface area contributed by atoms with Crippen LogP contribution in [0.25, 0.3) is 56.7 Å². The summed E-state index contributed by atoms with van der Waals surface area (Å²) >= 11 is 6.97. The summed E-state index contributed by atoms with van der Waals surface area (Å²) < 4.78 is 4.83. The van der Waals surface area contributed by atoms with E-state index in [9.17, 15) is 25.4 Å². The average Bonchev–Trinajstić information content (AvgIpc) is 4.04. The monoisotopic (exact) mass is 766 g/mol. The summed E-state index contributed by atoms with van der Waals surface area (Å²) in [6.07, 6.45) is 9.25. The Morgan fingerprint density at radius 2 is 1.15 bits per heavy atom. The Labute approximate surface area is 325 Å². The van der Waals surface area contributed by atoms with Gasteiger partial charge in [0.1, 0.15) is 17.7 Å². The zero-order valence-corrected chi connectivity index (χ0v) is 31.5. The predicted octanol–water partition coefficient (Wildman–Crippen LogP) is 12.0. The van der Waals surface area contributed by atoms with E-state index < -0.39 is 0 Å². The highest BCUT2D eigenvalue weighted by atomic mass is 32.1. The van der Waals surface area contributed by atoms with E-state index in [-0.39, 0.29) is 28.3 Å². The molecule has 0 aliphatic heterocycles. The van der Waals surface area contributed by atoms with Crippen molar-refractivity contribution in [2.24, 2.45) is 0 Å². The third-order valence-electron chi connectivity index (χ3n) is 11.0. The summed E-state index contributed by atoms with van der Waals surface area (Å²) in [5, 5.41) is 29.5. The van der Waals surface area contributed by atoms with Crippen LogP contribution in [0, 0.1) is 40.6 Å². The zero-order valence-electron chi connectivity index (χ0n) is 28.2. The lowest BCUT2D eigenvalue weighted by molar-refractivity contribution is 0.103.